The molecule has 0 atom stereocenters. The molecule has 0 spiro atoms. The quantitative estimate of drug-likeness (QED) is 0.783. The van der Waals surface area contributed by atoms with Gasteiger partial charge in [-0.05, 0) is 0 Å². The molecule has 116 valence electrons. The van der Waals surface area contributed by atoms with Crippen molar-refractivity contribution >= 4 is 35.2 Å². The number of methoxy groups -OCH3 is 1. The molecular weight excluding hydrogens is 312 g/mol. The van der Waals surface area contributed by atoms with Crippen molar-refractivity contribution in [1.29, 1.82) is 0 Å². The molecule has 0 unspecified atom stereocenters. The van der Waals surface area contributed by atoms with Gasteiger partial charge in [0.05, 0.1) is 12.0 Å². The van der Waals surface area contributed by atoms with Crippen LogP contribution < -0.4 is 5.32 Å². The van der Waals surface area contributed by atoms with Crippen LogP contribution >= 0.6 is 11.8 Å². The molecule has 22 heavy (non-hydrogen) atoms. The first-order valence-electron chi connectivity index (χ1n) is 6.21. The van der Waals surface area contributed by atoms with Crippen molar-refractivity contribution in [2.45, 2.75) is 6.42 Å². The molecular formula is C13H12N2O6S. The minimum absolute atomic E-state index is 0.134. The average Bonchev–Trinajstić information content (AvgIpc) is 2.96. The lowest BCUT2D eigenvalue weighted by atomic mass is 10.00. The van der Waals surface area contributed by atoms with Crippen molar-refractivity contribution in [3.63, 3.8) is 0 Å². The number of aromatic nitrogens is 1. The zero-order valence-electron chi connectivity index (χ0n) is 11.8. The third-order valence-corrected chi connectivity index (χ3v) is 3.90. The summed E-state index contributed by atoms with van der Waals surface area (Å²) in [5, 5.41) is 5.88. The van der Waals surface area contributed by atoms with Gasteiger partial charge in [-0.15, -0.1) is 11.8 Å². The molecule has 0 bridgehead atoms. The van der Waals surface area contributed by atoms with Crippen LogP contribution in [-0.4, -0.2) is 48.5 Å². The lowest BCUT2D eigenvalue weighted by Crippen LogP contribution is -2.20. The highest BCUT2D eigenvalue weighted by atomic mass is 32.2. The Kier molecular flexibility index (Phi) is 4.76. The minimum atomic E-state index is -0.859. The molecule has 0 radical (unpaired) electrons. The molecule has 1 amide bonds. The van der Waals surface area contributed by atoms with Crippen molar-refractivity contribution < 1.29 is 28.4 Å². The number of fused-ring (bicyclic) bond motifs is 1. The van der Waals surface area contributed by atoms with Crippen LogP contribution in [0.1, 0.15) is 37.8 Å². The number of hydrogen-bond donors (Lipinski definition) is 1. The van der Waals surface area contributed by atoms with E-state index in [1.807, 2.05) is 0 Å². The number of nitrogens with one attached hydrogen (secondary N) is 1. The third-order valence-electron chi connectivity index (χ3n) is 2.87. The molecule has 0 aliphatic heterocycles. The van der Waals surface area contributed by atoms with E-state index >= 15 is 0 Å². The molecule has 0 saturated carbocycles. The zero-order valence-corrected chi connectivity index (χ0v) is 12.6. The predicted octanol–water partition coefficient (Wildman–Crippen LogP) is 0.593. The Bertz CT molecular complexity index is 691. The summed E-state index contributed by atoms with van der Waals surface area (Å²) in [6, 6.07) is 0. The van der Waals surface area contributed by atoms with Gasteiger partial charge in [0.25, 0.3) is 0 Å². The highest BCUT2D eigenvalue weighted by Gasteiger charge is 2.36. The zero-order chi connectivity index (χ0) is 16.3. The Labute approximate surface area is 129 Å². The van der Waals surface area contributed by atoms with Gasteiger partial charge in [-0.1, -0.05) is 5.16 Å². The largest absolute Gasteiger partial charge is 0.464 e. The van der Waals surface area contributed by atoms with Gasteiger partial charge in [0, 0.05) is 25.3 Å². The van der Waals surface area contributed by atoms with Crippen molar-refractivity contribution in [2.24, 2.45) is 0 Å². The number of allylic oxidation sites excluding steroid dienone is 2. The van der Waals surface area contributed by atoms with Gasteiger partial charge in [-0.2, -0.15) is 0 Å². The molecule has 1 aromatic rings. The Balaban J connectivity index is 2.22. The van der Waals surface area contributed by atoms with E-state index in [1.165, 1.54) is 7.05 Å². The molecule has 1 N–H and O–H groups in total. The van der Waals surface area contributed by atoms with Crippen molar-refractivity contribution in [3.8, 4) is 0 Å². The van der Waals surface area contributed by atoms with Crippen LogP contribution in [0, 0.1) is 0 Å². The van der Waals surface area contributed by atoms with E-state index in [-0.39, 0.29) is 34.3 Å². The fraction of sp³-hybridized carbons (Fsp3) is 0.308. The Hall–Kier alpha value is -2.42. The number of nitrogens with zero attached hydrogens (tertiary/aromatic N) is 1. The van der Waals surface area contributed by atoms with Crippen molar-refractivity contribution in [1.82, 2.24) is 10.5 Å². The topological polar surface area (TPSA) is 116 Å². The van der Waals surface area contributed by atoms with E-state index in [4.69, 9.17) is 4.52 Å². The van der Waals surface area contributed by atoms with E-state index in [2.05, 4.69) is 15.2 Å². The molecule has 8 nitrogen and oxygen atoms in total. The second-order valence-corrected chi connectivity index (χ2v) is 5.34. The fourth-order valence-electron chi connectivity index (χ4n) is 1.76. The summed E-state index contributed by atoms with van der Waals surface area (Å²) in [7, 11) is 2.64. The first-order valence-corrected chi connectivity index (χ1v) is 7.20. The van der Waals surface area contributed by atoms with Gasteiger partial charge in [0.15, 0.2) is 0 Å². The summed E-state index contributed by atoms with van der Waals surface area (Å²) in [5.74, 6) is -2.09. The maximum atomic E-state index is 12.4. The summed E-state index contributed by atoms with van der Waals surface area (Å²) in [6.07, 6.45) is 1.31. The number of carbonyl (C=O) groups excluding carboxylic acids is 4. The Morgan fingerprint density at radius 2 is 2.14 bits per heavy atom. The van der Waals surface area contributed by atoms with Crippen molar-refractivity contribution in [3.05, 3.63) is 28.0 Å². The number of esters is 1. The normalized spacial score (nSPS) is 13.5. The van der Waals surface area contributed by atoms with E-state index in [1.54, 1.807) is 0 Å². The number of ether oxygens (including phenoxy) is 1. The summed E-state index contributed by atoms with van der Waals surface area (Å²) in [6.45, 7) is 0. The molecule has 1 aliphatic rings. The van der Waals surface area contributed by atoms with Crippen LogP contribution in [0.25, 0.3) is 0 Å². The highest BCUT2D eigenvalue weighted by molar-refractivity contribution is 8.04. The van der Waals surface area contributed by atoms with Crippen LogP contribution in [0.3, 0.4) is 0 Å². The van der Waals surface area contributed by atoms with E-state index in [0.717, 1.165) is 24.9 Å². The maximum Gasteiger partial charge on any atom is 0.361 e. The maximum absolute atomic E-state index is 12.4. The molecule has 1 aliphatic carbocycles. The van der Waals surface area contributed by atoms with E-state index < -0.39 is 17.5 Å². The second-order valence-electron chi connectivity index (χ2n) is 4.20. The van der Waals surface area contributed by atoms with Crippen LogP contribution in [0.5, 0.6) is 0 Å². The SMILES string of the molecule is CNC(=O)CCSC1=CC(=O)c2onc(C(=O)OC)c2C1=O. The number of thioether (sulfide) groups is 1. The number of amides is 1. The molecule has 0 aromatic carbocycles. The number of hydrogen-bond acceptors (Lipinski definition) is 8. The Morgan fingerprint density at radius 3 is 2.77 bits per heavy atom. The van der Waals surface area contributed by atoms with Crippen LogP contribution in [0.4, 0.5) is 0 Å². The van der Waals surface area contributed by atoms with Crippen molar-refractivity contribution in [2.75, 3.05) is 19.9 Å². The molecule has 1 aromatic heterocycles. The first kappa shape index (κ1) is 16.0. The van der Waals surface area contributed by atoms with Crippen LogP contribution in [-0.2, 0) is 9.53 Å². The summed E-state index contributed by atoms with van der Waals surface area (Å²) >= 11 is 1.06. The van der Waals surface area contributed by atoms with Gasteiger partial charge >= 0.3 is 5.97 Å². The van der Waals surface area contributed by atoms with Gasteiger partial charge in [-0.25, -0.2) is 4.79 Å². The molecule has 1 heterocycles. The standard InChI is InChI=1S/C13H12N2O6S/c1-14-8(17)3-4-22-7-5-6(16)12-9(11(7)18)10(15-21-12)13(19)20-2/h5H,3-4H2,1-2H3,(H,14,17). The molecule has 2 rings (SSSR count). The summed E-state index contributed by atoms with van der Waals surface area (Å²) in [5.41, 5.74) is -0.518. The Morgan fingerprint density at radius 1 is 1.41 bits per heavy atom. The smallest absolute Gasteiger partial charge is 0.361 e. The minimum Gasteiger partial charge on any atom is -0.464 e. The lowest BCUT2D eigenvalue weighted by molar-refractivity contribution is -0.120. The number of rotatable bonds is 5. The molecule has 0 saturated heterocycles. The van der Waals surface area contributed by atoms with Gasteiger partial charge in [-0.3, -0.25) is 14.4 Å². The molecule has 0 fully saturated rings. The average molecular weight is 324 g/mol. The summed E-state index contributed by atoms with van der Waals surface area (Å²) < 4.78 is 9.26. The van der Waals surface area contributed by atoms with Crippen LogP contribution in [0.2, 0.25) is 0 Å². The van der Waals surface area contributed by atoms with Crippen LogP contribution in [0.15, 0.2) is 15.5 Å². The second kappa shape index (κ2) is 6.56. The highest BCUT2D eigenvalue weighted by Crippen LogP contribution is 2.30. The number of carbonyl (C=O) groups is 4. The summed E-state index contributed by atoms with van der Waals surface area (Å²) in [4.78, 5) is 47.1. The van der Waals surface area contributed by atoms with Gasteiger partial charge in [0.2, 0.25) is 28.9 Å². The van der Waals surface area contributed by atoms with E-state index in [9.17, 15) is 19.2 Å². The molecule has 9 heteroatoms. The number of ketones is 2. The lowest BCUT2D eigenvalue weighted by Gasteiger charge is -2.10. The van der Waals surface area contributed by atoms with Gasteiger partial charge in [0.1, 0.15) is 5.56 Å². The predicted molar refractivity (Wildman–Crippen MR) is 75.7 cm³/mol. The fourth-order valence-corrected chi connectivity index (χ4v) is 2.70. The monoisotopic (exact) mass is 324 g/mol. The van der Waals surface area contributed by atoms with Gasteiger partial charge < -0.3 is 14.6 Å². The first-order chi connectivity index (χ1) is 10.5. The third kappa shape index (κ3) is 2.93. The van der Waals surface area contributed by atoms with E-state index in [0.29, 0.717) is 5.75 Å². The number of Topliss-reactive ketones (excluding diaryl/α,β-unsaturated/α-hetero) is 1.